The van der Waals surface area contributed by atoms with Gasteiger partial charge in [-0.3, -0.25) is 0 Å². The summed E-state index contributed by atoms with van der Waals surface area (Å²) in [5.74, 6) is -0.525. The van der Waals surface area contributed by atoms with Crippen LogP contribution in [0.1, 0.15) is 19.3 Å². The van der Waals surface area contributed by atoms with E-state index in [9.17, 15) is 4.39 Å². The van der Waals surface area contributed by atoms with Gasteiger partial charge in [-0.25, -0.2) is 9.37 Å². The average molecular weight is 287 g/mol. The fourth-order valence-corrected chi connectivity index (χ4v) is 2.90. The molecule has 0 amide bonds. The minimum Gasteiger partial charge on any atom is -0.470 e. The van der Waals surface area contributed by atoms with E-state index < -0.39 is 5.82 Å². The summed E-state index contributed by atoms with van der Waals surface area (Å²) in [6, 6.07) is 1.21. The van der Waals surface area contributed by atoms with Crippen molar-refractivity contribution in [2.75, 3.05) is 19.7 Å². The Bertz CT molecular complexity index is 466. The molecule has 1 spiro atoms. The Morgan fingerprint density at radius 1 is 1.47 bits per heavy atom. The molecule has 2 fully saturated rings. The van der Waals surface area contributed by atoms with Crippen molar-refractivity contribution >= 4 is 11.6 Å². The maximum atomic E-state index is 13.6. The van der Waals surface area contributed by atoms with Crippen LogP contribution in [0.2, 0.25) is 5.02 Å². The van der Waals surface area contributed by atoms with Crippen molar-refractivity contribution in [3.63, 3.8) is 0 Å². The lowest BCUT2D eigenvalue weighted by Crippen LogP contribution is -2.41. The second-order valence-electron chi connectivity index (χ2n) is 5.13. The zero-order chi connectivity index (χ0) is 13.3. The number of piperidine rings is 1. The molecule has 2 aliphatic heterocycles. The Labute approximate surface area is 116 Å². The highest BCUT2D eigenvalue weighted by Crippen LogP contribution is 2.35. The van der Waals surface area contributed by atoms with Crippen molar-refractivity contribution < 1.29 is 13.9 Å². The van der Waals surface area contributed by atoms with Crippen LogP contribution in [0.25, 0.3) is 0 Å². The van der Waals surface area contributed by atoms with Crippen LogP contribution in [0.5, 0.6) is 5.88 Å². The van der Waals surface area contributed by atoms with Crippen molar-refractivity contribution in [1.82, 2.24) is 10.3 Å². The lowest BCUT2D eigenvalue weighted by atomic mass is 9.89. The molecule has 0 saturated carbocycles. The summed E-state index contributed by atoms with van der Waals surface area (Å²) in [5, 5.41) is 3.57. The summed E-state index contributed by atoms with van der Waals surface area (Å²) in [4.78, 5) is 3.88. The number of hydrogen-bond donors (Lipinski definition) is 1. The number of ether oxygens (including phenoxy) is 2. The third-order valence-corrected chi connectivity index (χ3v) is 3.95. The molecule has 2 aliphatic rings. The minimum atomic E-state index is -0.529. The SMILES string of the molecule is Fc1cc(Cl)cnc1OC1COC2(CCNCC2)C1. The van der Waals surface area contributed by atoms with Crippen LogP contribution in [0.15, 0.2) is 12.3 Å². The largest absolute Gasteiger partial charge is 0.470 e. The molecule has 104 valence electrons. The molecular formula is C13H16ClFN2O2. The first-order valence-electron chi connectivity index (χ1n) is 6.49. The molecule has 1 aromatic heterocycles. The van der Waals surface area contributed by atoms with Crippen LogP contribution in [0.3, 0.4) is 0 Å². The van der Waals surface area contributed by atoms with Gasteiger partial charge in [-0.15, -0.1) is 0 Å². The number of pyridine rings is 1. The van der Waals surface area contributed by atoms with Gasteiger partial charge < -0.3 is 14.8 Å². The molecule has 3 heterocycles. The van der Waals surface area contributed by atoms with E-state index in [2.05, 4.69) is 10.3 Å². The van der Waals surface area contributed by atoms with Crippen LogP contribution in [0.4, 0.5) is 4.39 Å². The van der Waals surface area contributed by atoms with Gasteiger partial charge in [0, 0.05) is 12.6 Å². The van der Waals surface area contributed by atoms with Gasteiger partial charge in [-0.2, -0.15) is 0 Å². The van der Waals surface area contributed by atoms with Crippen molar-refractivity contribution in [3.05, 3.63) is 23.1 Å². The summed E-state index contributed by atoms with van der Waals surface area (Å²) in [7, 11) is 0. The fourth-order valence-electron chi connectivity index (χ4n) is 2.76. The summed E-state index contributed by atoms with van der Waals surface area (Å²) < 4.78 is 25.1. The Kier molecular flexibility index (Phi) is 3.60. The van der Waals surface area contributed by atoms with Gasteiger partial charge in [-0.1, -0.05) is 11.6 Å². The van der Waals surface area contributed by atoms with E-state index in [0.29, 0.717) is 6.61 Å². The normalized spacial score (nSPS) is 25.7. The van der Waals surface area contributed by atoms with Crippen molar-refractivity contribution in [3.8, 4) is 5.88 Å². The second kappa shape index (κ2) is 5.23. The third-order valence-electron chi connectivity index (χ3n) is 3.74. The third kappa shape index (κ3) is 2.83. The highest BCUT2D eigenvalue weighted by molar-refractivity contribution is 6.30. The van der Waals surface area contributed by atoms with Crippen molar-refractivity contribution in [2.24, 2.45) is 0 Å². The van der Waals surface area contributed by atoms with E-state index in [1.165, 1.54) is 12.3 Å². The predicted octanol–water partition coefficient (Wildman–Crippen LogP) is 2.16. The molecule has 3 rings (SSSR count). The molecule has 2 saturated heterocycles. The van der Waals surface area contributed by atoms with E-state index in [0.717, 1.165) is 32.4 Å². The van der Waals surface area contributed by atoms with Crippen molar-refractivity contribution in [2.45, 2.75) is 31.0 Å². The van der Waals surface area contributed by atoms with E-state index in [-0.39, 0.29) is 22.6 Å². The molecule has 0 radical (unpaired) electrons. The predicted molar refractivity (Wildman–Crippen MR) is 69.0 cm³/mol. The Morgan fingerprint density at radius 2 is 2.26 bits per heavy atom. The minimum absolute atomic E-state index is 0.00369. The number of nitrogens with one attached hydrogen (secondary N) is 1. The molecule has 6 heteroatoms. The lowest BCUT2D eigenvalue weighted by molar-refractivity contribution is -0.0206. The average Bonchev–Trinajstić information content (AvgIpc) is 2.77. The first kappa shape index (κ1) is 13.1. The highest BCUT2D eigenvalue weighted by Gasteiger charge is 2.42. The van der Waals surface area contributed by atoms with E-state index in [4.69, 9.17) is 21.1 Å². The molecule has 4 nitrogen and oxygen atoms in total. The van der Waals surface area contributed by atoms with Crippen molar-refractivity contribution in [1.29, 1.82) is 0 Å². The van der Waals surface area contributed by atoms with Gasteiger partial charge in [0.05, 0.1) is 17.2 Å². The van der Waals surface area contributed by atoms with Gasteiger partial charge in [0.15, 0.2) is 5.82 Å². The molecule has 1 unspecified atom stereocenters. The zero-order valence-electron chi connectivity index (χ0n) is 10.5. The Hall–Kier alpha value is -0.910. The number of hydrogen-bond acceptors (Lipinski definition) is 4. The standard InChI is InChI=1S/C13H16ClFN2O2/c14-9-5-11(15)12(17-7-9)19-10-6-13(18-8-10)1-3-16-4-2-13/h5,7,10,16H,1-4,6,8H2. The van der Waals surface area contributed by atoms with Gasteiger partial charge in [0.1, 0.15) is 6.10 Å². The summed E-state index contributed by atoms with van der Waals surface area (Å²) in [6.45, 7) is 2.41. The van der Waals surface area contributed by atoms with Gasteiger partial charge in [0.25, 0.3) is 5.88 Å². The second-order valence-corrected chi connectivity index (χ2v) is 5.56. The maximum absolute atomic E-state index is 13.6. The van der Waals surface area contributed by atoms with Crippen LogP contribution in [-0.2, 0) is 4.74 Å². The number of aromatic nitrogens is 1. The van der Waals surface area contributed by atoms with Gasteiger partial charge in [0.2, 0.25) is 0 Å². The van der Waals surface area contributed by atoms with Gasteiger partial charge >= 0.3 is 0 Å². The molecule has 1 atom stereocenters. The molecule has 0 aromatic carbocycles. The summed E-state index contributed by atoms with van der Waals surface area (Å²) in [6.07, 6.45) is 3.99. The summed E-state index contributed by atoms with van der Waals surface area (Å²) >= 11 is 5.66. The molecule has 0 aliphatic carbocycles. The number of rotatable bonds is 2. The topological polar surface area (TPSA) is 43.4 Å². The van der Waals surface area contributed by atoms with Gasteiger partial charge in [-0.05, 0) is 32.0 Å². The molecule has 0 bridgehead atoms. The van der Waals surface area contributed by atoms with Crippen LogP contribution in [0, 0.1) is 5.82 Å². The van der Waals surface area contributed by atoms with Crippen LogP contribution in [-0.4, -0.2) is 36.4 Å². The zero-order valence-corrected chi connectivity index (χ0v) is 11.3. The molecule has 1 N–H and O–H groups in total. The fraction of sp³-hybridized carbons (Fsp3) is 0.615. The number of halogens is 2. The monoisotopic (exact) mass is 286 g/mol. The first-order chi connectivity index (χ1) is 9.17. The van der Waals surface area contributed by atoms with Crippen LogP contribution < -0.4 is 10.1 Å². The van der Waals surface area contributed by atoms with Crippen LogP contribution >= 0.6 is 11.6 Å². The quantitative estimate of drug-likeness (QED) is 0.905. The first-order valence-corrected chi connectivity index (χ1v) is 6.87. The molecule has 19 heavy (non-hydrogen) atoms. The highest BCUT2D eigenvalue weighted by atomic mass is 35.5. The summed E-state index contributed by atoms with van der Waals surface area (Å²) in [5.41, 5.74) is -0.0984. The smallest absolute Gasteiger partial charge is 0.250 e. The maximum Gasteiger partial charge on any atom is 0.250 e. The molecular weight excluding hydrogens is 271 g/mol. The Morgan fingerprint density at radius 3 is 3.00 bits per heavy atom. The number of nitrogens with zero attached hydrogens (tertiary/aromatic N) is 1. The lowest BCUT2D eigenvalue weighted by Gasteiger charge is -2.32. The molecule has 1 aromatic rings. The van der Waals surface area contributed by atoms with E-state index >= 15 is 0 Å². The van der Waals surface area contributed by atoms with E-state index in [1.807, 2.05) is 0 Å². The Balaban J connectivity index is 1.65. The van der Waals surface area contributed by atoms with E-state index in [1.54, 1.807) is 0 Å².